The lowest BCUT2D eigenvalue weighted by molar-refractivity contribution is 0.142. The van der Waals surface area contributed by atoms with Gasteiger partial charge in [-0.15, -0.1) is 0 Å². The van der Waals surface area contributed by atoms with E-state index >= 15 is 0 Å². The monoisotopic (exact) mass is 245 g/mol. The maximum absolute atomic E-state index is 6.17. The van der Waals surface area contributed by atoms with Crippen molar-refractivity contribution in [2.75, 3.05) is 13.1 Å². The van der Waals surface area contributed by atoms with Gasteiger partial charge in [-0.2, -0.15) is 0 Å². The molecule has 2 rings (SSSR count). The van der Waals surface area contributed by atoms with E-state index in [-0.39, 0.29) is 6.10 Å². The van der Waals surface area contributed by atoms with Gasteiger partial charge in [-0.25, -0.2) is 0 Å². The Morgan fingerprint density at radius 2 is 1.93 bits per heavy atom. The molecule has 0 unspecified atom stereocenters. The Hall–Kier alpha value is -0.440. The van der Waals surface area contributed by atoms with Crippen molar-refractivity contribution in [3.63, 3.8) is 0 Å². The quantitative estimate of drug-likeness (QED) is 0.866. The van der Waals surface area contributed by atoms with E-state index in [0.717, 1.165) is 35.0 Å². The Morgan fingerprint density at radius 3 is 2.47 bits per heavy atom. The third-order valence-electron chi connectivity index (χ3n) is 2.61. The van der Waals surface area contributed by atoms with Gasteiger partial charge in [-0.05, 0) is 31.0 Å². The van der Waals surface area contributed by atoms with Gasteiger partial charge < -0.3 is 10.1 Å². The molecule has 15 heavy (non-hydrogen) atoms. The maximum Gasteiger partial charge on any atom is 0.139 e. The van der Waals surface area contributed by atoms with Gasteiger partial charge in [-0.3, -0.25) is 0 Å². The van der Waals surface area contributed by atoms with Crippen LogP contribution < -0.4 is 10.1 Å². The molecule has 1 N–H and O–H groups in total. The lowest BCUT2D eigenvalue weighted by Gasteiger charge is -2.28. The van der Waals surface area contributed by atoms with Gasteiger partial charge in [-0.1, -0.05) is 23.2 Å². The van der Waals surface area contributed by atoms with Crippen molar-refractivity contribution >= 4 is 23.2 Å². The number of halogens is 2. The first-order chi connectivity index (χ1) is 7.09. The largest absolute Gasteiger partial charge is 0.486 e. The molecule has 0 aliphatic carbocycles. The molecule has 0 spiro atoms. The molecule has 4 heteroatoms. The smallest absolute Gasteiger partial charge is 0.139 e. The van der Waals surface area contributed by atoms with Crippen LogP contribution in [0.1, 0.15) is 11.1 Å². The average Bonchev–Trinajstić information content (AvgIpc) is 2.15. The zero-order valence-electron chi connectivity index (χ0n) is 8.73. The average molecular weight is 246 g/mol. The fourth-order valence-electron chi connectivity index (χ4n) is 1.51. The Balaban J connectivity index is 2.30. The lowest BCUT2D eigenvalue weighted by Crippen LogP contribution is -2.50. The van der Waals surface area contributed by atoms with Crippen LogP contribution in [0.4, 0.5) is 0 Å². The summed E-state index contributed by atoms with van der Waals surface area (Å²) in [5.74, 6) is 0.738. The lowest BCUT2D eigenvalue weighted by atomic mass is 10.1. The summed E-state index contributed by atoms with van der Waals surface area (Å²) in [5, 5.41) is 4.49. The highest BCUT2D eigenvalue weighted by molar-refractivity contribution is 6.37. The van der Waals surface area contributed by atoms with Crippen molar-refractivity contribution in [1.82, 2.24) is 5.32 Å². The van der Waals surface area contributed by atoms with Crippen molar-refractivity contribution < 1.29 is 4.74 Å². The van der Waals surface area contributed by atoms with Gasteiger partial charge in [0.25, 0.3) is 0 Å². The molecule has 2 nitrogen and oxygen atoms in total. The van der Waals surface area contributed by atoms with Crippen molar-refractivity contribution in [2.24, 2.45) is 0 Å². The van der Waals surface area contributed by atoms with E-state index < -0.39 is 0 Å². The summed E-state index contributed by atoms with van der Waals surface area (Å²) in [7, 11) is 0. The molecule has 0 radical (unpaired) electrons. The topological polar surface area (TPSA) is 21.3 Å². The highest BCUT2D eigenvalue weighted by atomic mass is 35.5. The highest BCUT2D eigenvalue weighted by Gasteiger charge is 2.21. The third kappa shape index (κ3) is 2.07. The molecule has 1 saturated heterocycles. The molecule has 0 atom stereocenters. The number of hydrogen-bond acceptors (Lipinski definition) is 2. The first-order valence-corrected chi connectivity index (χ1v) is 5.67. The second-order valence-corrected chi connectivity index (χ2v) is 4.60. The molecule has 1 fully saturated rings. The van der Waals surface area contributed by atoms with E-state index in [0.29, 0.717) is 5.02 Å². The predicted octanol–water partition coefficient (Wildman–Crippen LogP) is 2.96. The van der Waals surface area contributed by atoms with Crippen LogP contribution in [0, 0.1) is 13.8 Å². The van der Waals surface area contributed by atoms with E-state index in [2.05, 4.69) is 5.32 Å². The number of nitrogens with one attached hydrogen (secondary N) is 1. The molecule has 1 heterocycles. The molecule has 1 aliphatic heterocycles. The predicted molar refractivity (Wildman–Crippen MR) is 63.2 cm³/mol. The summed E-state index contributed by atoms with van der Waals surface area (Å²) in [6, 6.07) is 1.90. The highest BCUT2D eigenvalue weighted by Crippen LogP contribution is 2.36. The number of hydrogen-bond donors (Lipinski definition) is 1. The number of benzene rings is 1. The van der Waals surface area contributed by atoms with Crippen LogP contribution >= 0.6 is 23.2 Å². The van der Waals surface area contributed by atoms with Gasteiger partial charge in [0.1, 0.15) is 11.9 Å². The van der Waals surface area contributed by atoms with Crippen LogP contribution in [-0.2, 0) is 0 Å². The molecule has 1 aromatic carbocycles. The molecule has 0 amide bonds. The second-order valence-electron chi connectivity index (χ2n) is 3.84. The van der Waals surface area contributed by atoms with Gasteiger partial charge >= 0.3 is 0 Å². The Kier molecular flexibility index (Phi) is 3.10. The standard InChI is InChI=1S/C11H13Cl2NO/c1-6-3-9(15-8-4-14-5-8)11(13)7(2)10(6)12/h3,8,14H,4-5H2,1-2H3. The van der Waals surface area contributed by atoms with Crippen molar-refractivity contribution in [3.8, 4) is 5.75 Å². The van der Waals surface area contributed by atoms with Crippen LogP contribution in [0.5, 0.6) is 5.75 Å². The Morgan fingerprint density at radius 1 is 1.27 bits per heavy atom. The minimum Gasteiger partial charge on any atom is -0.486 e. The number of ether oxygens (including phenoxy) is 1. The molecule has 1 aliphatic rings. The summed E-state index contributed by atoms with van der Waals surface area (Å²) in [6.07, 6.45) is 0.238. The maximum atomic E-state index is 6.17. The van der Waals surface area contributed by atoms with Gasteiger partial charge in [0, 0.05) is 18.1 Å². The fraction of sp³-hybridized carbons (Fsp3) is 0.455. The summed E-state index contributed by atoms with van der Waals surface area (Å²) in [4.78, 5) is 0. The molecular weight excluding hydrogens is 233 g/mol. The fourth-order valence-corrected chi connectivity index (χ4v) is 1.90. The first-order valence-electron chi connectivity index (χ1n) is 4.92. The normalized spacial score (nSPS) is 16.3. The van der Waals surface area contributed by atoms with Gasteiger partial charge in [0.2, 0.25) is 0 Å². The molecule has 0 aromatic heterocycles. The first kappa shape index (κ1) is 11.1. The van der Waals surface area contributed by atoms with Gasteiger partial charge in [0.05, 0.1) is 5.02 Å². The summed E-state index contributed by atoms with van der Waals surface area (Å²) in [5.41, 5.74) is 1.89. The number of rotatable bonds is 2. The van der Waals surface area contributed by atoms with Crippen LogP contribution in [0.15, 0.2) is 6.07 Å². The molecule has 0 saturated carbocycles. The van der Waals surface area contributed by atoms with E-state index in [1.165, 1.54) is 0 Å². The van der Waals surface area contributed by atoms with E-state index in [9.17, 15) is 0 Å². The third-order valence-corrected chi connectivity index (χ3v) is 3.66. The molecule has 0 bridgehead atoms. The summed E-state index contributed by atoms with van der Waals surface area (Å²) >= 11 is 12.3. The van der Waals surface area contributed by atoms with Crippen LogP contribution in [0.25, 0.3) is 0 Å². The van der Waals surface area contributed by atoms with Crippen molar-refractivity contribution in [2.45, 2.75) is 20.0 Å². The summed E-state index contributed by atoms with van der Waals surface area (Å²) in [6.45, 7) is 5.63. The zero-order chi connectivity index (χ0) is 11.0. The van der Waals surface area contributed by atoms with E-state index in [1.54, 1.807) is 0 Å². The summed E-state index contributed by atoms with van der Waals surface area (Å²) < 4.78 is 5.74. The zero-order valence-corrected chi connectivity index (χ0v) is 10.2. The van der Waals surface area contributed by atoms with E-state index in [1.807, 2.05) is 19.9 Å². The van der Waals surface area contributed by atoms with Crippen LogP contribution in [0.3, 0.4) is 0 Å². The van der Waals surface area contributed by atoms with E-state index in [4.69, 9.17) is 27.9 Å². The van der Waals surface area contributed by atoms with Crippen LogP contribution in [-0.4, -0.2) is 19.2 Å². The van der Waals surface area contributed by atoms with Crippen LogP contribution in [0.2, 0.25) is 10.0 Å². The minimum absolute atomic E-state index is 0.238. The SMILES string of the molecule is Cc1cc(OC2CNC2)c(Cl)c(C)c1Cl. The van der Waals surface area contributed by atoms with Gasteiger partial charge in [0.15, 0.2) is 0 Å². The second kappa shape index (κ2) is 4.20. The van der Waals surface area contributed by atoms with Crippen molar-refractivity contribution in [3.05, 3.63) is 27.2 Å². The molecule has 1 aromatic rings. The Bertz CT molecular complexity index is 389. The molecular formula is C11H13Cl2NO. The Labute approximate surface area is 99.5 Å². The minimum atomic E-state index is 0.238. The van der Waals surface area contributed by atoms with Crippen molar-refractivity contribution in [1.29, 1.82) is 0 Å². The molecule has 82 valence electrons. The number of aryl methyl sites for hydroxylation is 1.